The van der Waals surface area contributed by atoms with Crippen LogP contribution in [0.1, 0.15) is 4.88 Å². The monoisotopic (exact) mass is 243 g/mol. The van der Waals surface area contributed by atoms with Crippen molar-refractivity contribution in [3.05, 3.63) is 40.8 Å². The van der Waals surface area contributed by atoms with E-state index in [4.69, 9.17) is 5.11 Å². The van der Waals surface area contributed by atoms with E-state index < -0.39 is 10.0 Å². The molecular weight excluding hydrogens is 234 g/mol. The van der Waals surface area contributed by atoms with Crippen LogP contribution in [0, 0.1) is 0 Å². The van der Waals surface area contributed by atoms with Crippen molar-refractivity contribution in [2.75, 3.05) is 0 Å². The van der Waals surface area contributed by atoms with Crippen LogP contribution in [0.4, 0.5) is 0 Å². The van der Waals surface area contributed by atoms with Gasteiger partial charge in [0.15, 0.2) is 0 Å². The summed E-state index contributed by atoms with van der Waals surface area (Å²) in [5.41, 5.74) is 0. The molecule has 2 aromatic heterocycles. The van der Waals surface area contributed by atoms with Crippen molar-refractivity contribution in [1.82, 2.24) is 3.97 Å². The molecule has 4 nitrogen and oxygen atoms in total. The van der Waals surface area contributed by atoms with E-state index in [1.54, 1.807) is 17.5 Å². The highest BCUT2D eigenvalue weighted by molar-refractivity contribution is 7.90. The Balaban J connectivity index is 2.56. The number of nitrogens with zero attached hydrogens (tertiary/aromatic N) is 1. The minimum atomic E-state index is -3.53. The third-order valence-electron chi connectivity index (χ3n) is 1.98. The summed E-state index contributed by atoms with van der Waals surface area (Å²) in [6.07, 6.45) is 2.93. The maximum atomic E-state index is 12.0. The second kappa shape index (κ2) is 3.80. The zero-order valence-electron chi connectivity index (χ0n) is 7.70. The van der Waals surface area contributed by atoms with E-state index in [0.717, 1.165) is 3.97 Å². The van der Waals surface area contributed by atoms with Gasteiger partial charge in [-0.2, -0.15) is 0 Å². The molecule has 80 valence electrons. The maximum absolute atomic E-state index is 12.0. The van der Waals surface area contributed by atoms with E-state index in [2.05, 4.69) is 0 Å². The van der Waals surface area contributed by atoms with Gasteiger partial charge in [0, 0.05) is 12.4 Å². The Hall–Kier alpha value is -1.11. The van der Waals surface area contributed by atoms with Gasteiger partial charge >= 0.3 is 0 Å². The summed E-state index contributed by atoms with van der Waals surface area (Å²) in [5.74, 6) is 0. The number of hydrogen-bond acceptors (Lipinski definition) is 4. The van der Waals surface area contributed by atoms with Crippen molar-refractivity contribution in [3.8, 4) is 0 Å². The highest BCUT2D eigenvalue weighted by atomic mass is 32.2. The third-order valence-corrected chi connectivity index (χ3v) is 4.75. The Morgan fingerprint density at radius 1 is 1.33 bits per heavy atom. The predicted octanol–water partition coefficient (Wildman–Crippen LogP) is 1.28. The highest BCUT2D eigenvalue weighted by Gasteiger charge is 2.20. The number of aliphatic hydroxyl groups is 1. The van der Waals surface area contributed by atoms with Crippen LogP contribution in [-0.2, 0) is 16.6 Å². The number of rotatable bonds is 3. The molecular formula is C9H9NO3S2. The van der Waals surface area contributed by atoms with Gasteiger partial charge in [-0.05, 0) is 23.6 Å². The van der Waals surface area contributed by atoms with Crippen molar-refractivity contribution in [2.45, 2.75) is 11.5 Å². The minimum Gasteiger partial charge on any atom is -0.391 e. The minimum absolute atomic E-state index is 0.172. The molecule has 15 heavy (non-hydrogen) atoms. The van der Waals surface area contributed by atoms with Gasteiger partial charge in [0.2, 0.25) is 0 Å². The summed E-state index contributed by atoms with van der Waals surface area (Å²) in [6.45, 7) is -0.256. The van der Waals surface area contributed by atoms with Crippen LogP contribution < -0.4 is 0 Å². The van der Waals surface area contributed by atoms with Gasteiger partial charge in [-0.3, -0.25) is 0 Å². The molecule has 0 aliphatic carbocycles. The van der Waals surface area contributed by atoms with Crippen LogP contribution in [0.5, 0.6) is 0 Å². The Morgan fingerprint density at radius 2 is 2.00 bits per heavy atom. The van der Waals surface area contributed by atoms with Gasteiger partial charge in [-0.1, -0.05) is 0 Å². The van der Waals surface area contributed by atoms with E-state index in [1.165, 1.54) is 29.8 Å². The molecule has 1 N–H and O–H groups in total. The van der Waals surface area contributed by atoms with Crippen molar-refractivity contribution < 1.29 is 13.5 Å². The summed E-state index contributed by atoms with van der Waals surface area (Å²) < 4.78 is 25.1. The molecule has 0 saturated heterocycles. The largest absolute Gasteiger partial charge is 0.391 e. The molecule has 0 bridgehead atoms. The molecule has 2 heterocycles. The molecule has 0 aliphatic rings. The van der Waals surface area contributed by atoms with Gasteiger partial charge in [0.1, 0.15) is 4.90 Å². The lowest BCUT2D eigenvalue weighted by atomic mass is 10.5. The molecule has 0 saturated carbocycles. The maximum Gasteiger partial charge on any atom is 0.268 e. The molecule has 0 aliphatic heterocycles. The molecule has 2 rings (SSSR count). The average Bonchev–Trinajstić information content (AvgIpc) is 2.89. The Labute approximate surface area is 91.5 Å². The summed E-state index contributed by atoms with van der Waals surface area (Å²) in [7, 11) is -3.53. The number of aromatic nitrogens is 1. The van der Waals surface area contributed by atoms with Crippen LogP contribution in [0.15, 0.2) is 40.9 Å². The van der Waals surface area contributed by atoms with Gasteiger partial charge in [0.25, 0.3) is 10.0 Å². The second-order valence-electron chi connectivity index (χ2n) is 2.88. The lowest BCUT2D eigenvalue weighted by Crippen LogP contribution is -2.11. The van der Waals surface area contributed by atoms with Crippen molar-refractivity contribution in [3.63, 3.8) is 0 Å². The quantitative estimate of drug-likeness (QED) is 0.883. The number of hydrogen-bond donors (Lipinski definition) is 1. The molecule has 2 aromatic rings. The van der Waals surface area contributed by atoms with Crippen LogP contribution in [0.2, 0.25) is 0 Å². The Bertz CT molecular complexity index is 540. The first-order chi connectivity index (χ1) is 7.16. The van der Waals surface area contributed by atoms with Gasteiger partial charge < -0.3 is 5.11 Å². The Kier molecular flexibility index (Phi) is 2.64. The Morgan fingerprint density at radius 3 is 2.60 bits per heavy atom. The van der Waals surface area contributed by atoms with Crippen LogP contribution in [0.3, 0.4) is 0 Å². The smallest absolute Gasteiger partial charge is 0.268 e. The normalized spacial score (nSPS) is 11.8. The zero-order valence-corrected chi connectivity index (χ0v) is 9.33. The van der Waals surface area contributed by atoms with E-state index in [9.17, 15) is 8.42 Å². The van der Waals surface area contributed by atoms with Gasteiger partial charge in [-0.15, -0.1) is 11.3 Å². The van der Waals surface area contributed by atoms with Crippen molar-refractivity contribution in [1.29, 1.82) is 0 Å². The average molecular weight is 243 g/mol. The number of thiophene rings is 1. The summed E-state index contributed by atoms with van der Waals surface area (Å²) in [6, 6.07) is 4.79. The fourth-order valence-corrected chi connectivity index (χ4v) is 3.72. The van der Waals surface area contributed by atoms with E-state index in [0.29, 0.717) is 4.88 Å². The molecule has 0 fully saturated rings. The summed E-state index contributed by atoms with van der Waals surface area (Å²) in [4.78, 5) is 0.634. The van der Waals surface area contributed by atoms with Gasteiger partial charge in [-0.25, -0.2) is 12.4 Å². The van der Waals surface area contributed by atoms with Gasteiger partial charge in [0.05, 0.1) is 11.5 Å². The standard InChI is InChI=1S/C9H9NO3S2/c11-7-8-9(3-6-14-8)15(12,13)10-4-1-2-5-10/h1-6,11H,7H2. The SMILES string of the molecule is O=S(=O)(c1ccsc1CO)n1cccc1. The van der Waals surface area contributed by atoms with Crippen molar-refractivity contribution in [2.24, 2.45) is 0 Å². The van der Waals surface area contributed by atoms with Crippen LogP contribution >= 0.6 is 11.3 Å². The molecule has 0 radical (unpaired) electrons. The lowest BCUT2D eigenvalue weighted by molar-refractivity contribution is 0.282. The predicted molar refractivity (Wildman–Crippen MR) is 57.3 cm³/mol. The fraction of sp³-hybridized carbons (Fsp3) is 0.111. The molecule has 0 amide bonds. The molecule has 0 atom stereocenters. The summed E-state index contributed by atoms with van der Waals surface area (Å²) >= 11 is 1.23. The molecule has 6 heteroatoms. The fourth-order valence-electron chi connectivity index (χ4n) is 1.27. The van der Waals surface area contributed by atoms with Crippen LogP contribution in [-0.4, -0.2) is 17.5 Å². The topological polar surface area (TPSA) is 59.3 Å². The first-order valence-electron chi connectivity index (χ1n) is 4.22. The molecule has 0 spiro atoms. The van der Waals surface area contributed by atoms with E-state index in [1.807, 2.05) is 0 Å². The van der Waals surface area contributed by atoms with Crippen molar-refractivity contribution >= 4 is 21.4 Å². The molecule has 0 unspecified atom stereocenters. The highest BCUT2D eigenvalue weighted by Crippen LogP contribution is 2.23. The third kappa shape index (κ3) is 1.71. The second-order valence-corrected chi connectivity index (χ2v) is 5.70. The van der Waals surface area contributed by atoms with Crippen LogP contribution in [0.25, 0.3) is 0 Å². The first kappa shape index (κ1) is 10.4. The number of aliphatic hydroxyl groups excluding tert-OH is 1. The van der Waals surface area contributed by atoms with E-state index >= 15 is 0 Å². The molecule has 0 aromatic carbocycles. The first-order valence-corrected chi connectivity index (χ1v) is 6.54. The lowest BCUT2D eigenvalue weighted by Gasteiger charge is -2.04. The summed E-state index contributed by atoms with van der Waals surface area (Å²) in [5, 5.41) is 10.7. The van der Waals surface area contributed by atoms with E-state index in [-0.39, 0.29) is 11.5 Å². The zero-order chi connectivity index (χ0) is 10.9.